The van der Waals surface area contributed by atoms with Crippen molar-refractivity contribution in [2.24, 2.45) is 10.4 Å². The first-order valence-corrected chi connectivity index (χ1v) is 7.29. The molecule has 0 radical (unpaired) electrons. The summed E-state index contributed by atoms with van der Waals surface area (Å²) < 4.78 is 0. The molecule has 0 N–H and O–H groups in total. The minimum absolute atomic E-state index is 0.0144. The predicted molar refractivity (Wildman–Crippen MR) is 90.7 cm³/mol. The Kier molecular flexibility index (Phi) is 4.63. The molecule has 1 aromatic carbocycles. The number of aryl methyl sites for hydroxylation is 1. The summed E-state index contributed by atoms with van der Waals surface area (Å²) in [5.41, 5.74) is 6.02. The molecule has 0 fully saturated rings. The molecular weight excluding hydrogens is 242 g/mol. The van der Waals surface area contributed by atoms with Crippen molar-refractivity contribution in [1.82, 2.24) is 0 Å². The largest absolute Gasteiger partial charge is 0.258 e. The minimum atomic E-state index is 0.0144. The van der Waals surface area contributed by atoms with E-state index in [1.54, 1.807) is 0 Å². The fourth-order valence-corrected chi connectivity index (χ4v) is 1.97. The van der Waals surface area contributed by atoms with Crippen LogP contribution in [0.15, 0.2) is 35.5 Å². The molecular formula is C19H29N. The van der Waals surface area contributed by atoms with Crippen LogP contribution < -0.4 is 0 Å². The van der Waals surface area contributed by atoms with Gasteiger partial charge in [0.15, 0.2) is 0 Å². The van der Waals surface area contributed by atoms with E-state index in [1.807, 2.05) is 0 Å². The van der Waals surface area contributed by atoms with E-state index in [1.165, 1.54) is 16.7 Å². The summed E-state index contributed by atoms with van der Waals surface area (Å²) >= 11 is 0. The Morgan fingerprint density at radius 2 is 1.60 bits per heavy atom. The van der Waals surface area contributed by atoms with Crippen molar-refractivity contribution < 1.29 is 0 Å². The molecule has 20 heavy (non-hydrogen) atoms. The lowest BCUT2D eigenvalue weighted by Gasteiger charge is -2.21. The maximum absolute atomic E-state index is 4.69. The molecule has 1 nitrogen and oxygen atoms in total. The molecule has 1 heteroatoms. The number of hydrogen-bond acceptors (Lipinski definition) is 1. The van der Waals surface area contributed by atoms with E-state index < -0.39 is 0 Å². The number of nitrogens with zero attached hydrogens (tertiary/aromatic N) is 1. The summed E-state index contributed by atoms with van der Waals surface area (Å²) in [6.45, 7) is 21.5. The summed E-state index contributed by atoms with van der Waals surface area (Å²) in [6, 6.07) is 6.67. The van der Waals surface area contributed by atoms with Gasteiger partial charge in [-0.15, -0.1) is 0 Å². The molecule has 0 aliphatic rings. The van der Waals surface area contributed by atoms with Gasteiger partial charge < -0.3 is 0 Å². The van der Waals surface area contributed by atoms with E-state index in [0.29, 0.717) is 0 Å². The molecule has 0 unspecified atom stereocenters. The number of aliphatic imine (C=N–C) groups is 1. The van der Waals surface area contributed by atoms with Gasteiger partial charge in [-0.2, -0.15) is 0 Å². The van der Waals surface area contributed by atoms with Crippen LogP contribution in [0.5, 0.6) is 0 Å². The number of rotatable bonds is 2. The predicted octanol–water partition coefficient (Wildman–Crippen LogP) is 5.66. The van der Waals surface area contributed by atoms with Crippen LogP contribution >= 0.6 is 0 Å². The Bertz CT molecular complexity index is 534. The fourth-order valence-electron chi connectivity index (χ4n) is 1.97. The van der Waals surface area contributed by atoms with Gasteiger partial charge in [0.25, 0.3) is 0 Å². The van der Waals surface area contributed by atoms with Gasteiger partial charge in [0.05, 0.1) is 0 Å². The molecule has 1 rings (SSSR count). The Balaban J connectivity index is 3.16. The SMILES string of the molecule is C=C(N=C(C)c1ccc(C(C)(C)C)cc1C)C(C)(C)C. The van der Waals surface area contributed by atoms with Gasteiger partial charge in [0, 0.05) is 16.8 Å². The lowest BCUT2D eigenvalue weighted by atomic mass is 9.85. The number of allylic oxidation sites excluding steroid dienone is 1. The van der Waals surface area contributed by atoms with Crippen LogP contribution in [0.2, 0.25) is 0 Å². The molecule has 0 aliphatic heterocycles. The van der Waals surface area contributed by atoms with E-state index in [0.717, 1.165) is 11.4 Å². The zero-order valence-electron chi connectivity index (χ0n) is 14.4. The van der Waals surface area contributed by atoms with Crippen molar-refractivity contribution in [3.8, 4) is 0 Å². The topological polar surface area (TPSA) is 12.4 Å². The second-order valence-electron chi connectivity index (χ2n) is 7.67. The summed E-state index contributed by atoms with van der Waals surface area (Å²) in [6.07, 6.45) is 0. The average Bonchev–Trinajstić information content (AvgIpc) is 2.25. The van der Waals surface area contributed by atoms with E-state index >= 15 is 0 Å². The van der Waals surface area contributed by atoms with Crippen LogP contribution in [-0.2, 0) is 5.41 Å². The average molecular weight is 271 g/mol. The zero-order chi connectivity index (χ0) is 15.7. The third kappa shape index (κ3) is 4.06. The Hall–Kier alpha value is -1.37. The van der Waals surface area contributed by atoms with Crippen molar-refractivity contribution in [3.63, 3.8) is 0 Å². The first-order chi connectivity index (χ1) is 8.93. The minimum Gasteiger partial charge on any atom is -0.258 e. The van der Waals surface area contributed by atoms with Crippen LogP contribution in [0.25, 0.3) is 0 Å². The van der Waals surface area contributed by atoms with Gasteiger partial charge in [0.1, 0.15) is 0 Å². The first kappa shape index (κ1) is 16.7. The molecule has 0 aliphatic carbocycles. The third-order valence-corrected chi connectivity index (χ3v) is 3.65. The smallest absolute Gasteiger partial charge is 0.0450 e. The monoisotopic (exact) mass is 271 g/mol. The highest BCUT2D eigenvalue weighted by atomic mass is 14.8. The highest BCUT2D eigenvalue weighted by molar-refractivity contribution is 6.00. The maximum atomic E-state index is 4.69. The fraction of sp³-hybridized carbons (Fsp3) is 0.526. The summed E-state index contributed by atoms with van der Waals surface area (Å²) in [5.74, 6) is 0. The Morgan fingerprint density at radius 3 is 2.00 bits per heavy atom. The van der Waals surface area contributed by atoms with Gasteiger partial charge in [-0.05, 0) is 36.0 Å². The van der Waals surface area contributed by atoms with Crippen molar-refractivity contribution in [2.45, 2.75) is 60.8 Å². The summed E-state index contributed by atoms with van der Waals surface area (Å²) in [4.78, 5) is 4.69. The highest BCUT2D eigenvalue weighted by Crippen LogP contribution is 2.27. The molecule has 110 valence electrons. The normalized spacial score (nSPS) is 13.5. The Labute approximate surface area is 124 Å². The van der Waals surface area contributed by atoms with E-state index in [9.17, 15) is 0 Å². The van der Waals surface area contributed by atoms with Gasteiger partial charge in [-0.1, -0.05) is 66.3 Å². The van der Waals surface area contributed by atoms with Crippen LogP contribution in [-0.4, -0.2) is 5.71 Å². The van der Waals surface area contributed by atoms with Gasteiger partial charge >= 0.3 is 0 Å². The lowest BCUT2D eigenvalue weighted by molar-refractivity contribution is 0.500. The molecule has 1 aromatic rings. The van der Waals surface area contributed by atoms with Crippen molar-refractivity contribution in [2.75, 3.05) is 0 Å². The van der Waals surface area contributed by atoms with Crippen molar-refractivity contribution in [3.05, 3.63) is 47.2 Å². The van der Waals surface area contributed by atoms with Crippen LogP contribution in [0.1, 0.15) is 65.2 Å². The number of benzene rings is 1. The van der Waals surface area contributed by atoms with E-state index in [-0.39, 0.29) is 10.8 Å². The lowest BCUT2D eigenvalue weighted by Crippen LogP contribution is -2.13. The number of hydrogen-bond donors (Lipinski definition) is 0. The molecule has 0 bridgehead atoms. The van der Waals surface area contributed by atoms with Crippen LogP contribution in [0.4, 0.5) is 0 Å². The summed E-state index contributed by atoms with van der Waals surface area (Å²) in [5, 5.41) is 0. The highest BCUT2D eigenvalue weighted by Gasteiger charge is 2.17. The van der Waals surface area contributed by atoms with E-state index in [4.69, 9.17) is 4.99 Å². The first-order valence-electron chi connectivity index (χ1n) is 7.29. The van der Waals surface area contributed by atoms with Gasteiger partial charge in [0.2, 0.25) is 0 Å². The van der Waals surface area contributed by atoms with Crippen molar-refractivity contribution in [1.29, 1.82) is 0 Å². The molecule has 0 aromatic heterocycles. The standard InChI is InChI=1S/C19H29N/c1-13-12-16(19(7,8)9)10-11-17(13)14(2)20-15(3)18(4,5)6/h10-12H,3H2,1-2,4-9H3. The molecule has 0 atom stereocenters. The third-order valence-electron chi connectivity index (χ3n) is 3.65. The summed E-state index contributed by atoms with van der Waals surface area (Å²) in [7, 11) is 0. The van der Waals surface area contributed by atoms with Crippen LogP contribution in [0.3, 0.4) is 0 Å². The molecule has 0 spiro atoms. The molecule has 0 amide bonds. The molecule has 0 saturated carbocycles. The molecule has 0 saturated heterocycles. The second kappa shape index (κ2) is 5.55. The molecule has 0 heterocycles. The maximum Gasteiger partial charge on any atom is 0.0450 e. The van der Waals surface area contributed by atoms with E-state index in [2.05, 4.69) is 80.2 Å². The second-order valence-corrected chi connectivity index (χ2v) is 7.67. The Morgan fingerprint density at radius 1 is 1.05 bits per heavy atom. The van der Waals surface area contributed by atoms with Crippen LogP contribution in [0, 0.1) is 12.3 Å². The van der Waals surface area contributed by atoms with Crippen molar-refractivity contribution >= 4 is 5.71 Å². The van der Waals surface area contributed by atoms with Gasteiger partial charge in [-0.3, -0.25) is 4.99 Å². The van der Waals surface area contributed by atoms with Gasteiger partial charge in [-0.25, -0.2) is 0 Å². The zero-order valence-corrected chi connectivity index (χ0v) is 14.4. The quantitative estimate of drug-likeness (QED) is 0.615.